The van der Waals surface area contributed by atoms with Crippen LogP contribution in [0, 0.1) is 0 Å². The van der Waals surface area contributed by atoms with Gasteiger partial charge < -0.3 is 10.2 Å². The van der Waals surface area contributed by atoms with Crippen LogP contribution in [0.15, 0.2) is 24.3 Å². The van der Waals surface area contributed by atoms with Crippen molar-refractivity contribution in [3.8, 4) is 0 Å². The monoisotopic (exact) mass is 214 g/mol. The first-order chi connectivity index (χ1) is 7.13. The van der Waals surface area contributed by atoms with E-state index in [9.17, 15) is 8.78 Å². The van der Waals surface area contributed by atoms with Crippen LogP contribution >= 0.6 is 0 Å². The van der Waals surface area contributed by atoms with Crippen LogP contribution in [0.3, 0.4) is 0 Å². The SMILES string of the molecule is CNCc1ccc(N(C)CC(F)F)cc1. The van der Waals surface area contributed by atoms with Crippen molar-refractivity contribution in [1.29, 1.82) is 0 Å². The van der Waals surface area contributed by atoms with Gasteiger partial charge in [-0.05, 0) is 24.7 Å². The maximum Gasteiger partial charge on any atom is 0.255 e. The molecule has 15 heavy (non-hydrogen) atoms. The number of hydrogen-bond acceptors (Lipinski definition) is 2. The van der Waals surface area contributed by atoms with Crippen LogP contribution in [0.1, 0.15) is 5.56 Å². The van der Waals surface area contributed by atoms with E-state index in [-0.39, 0.29) is 6.54 Å². The molecule has 1 aromatic carbocycles. The third-order valence-electron chi connectivity index (χ3n) is 2.17. The lowest BCUT2D eigenvalue weighted by atomic mass is 10.2. The summed E-state index contributed by atoms with van der Waals surface area (Å²) in [4.78, 5) is 1.55. The summed E-state index contributed by atoms with van der Waals surface area (Å²) < 4.78 is 24.2. The molecule has 1 N–H and O–H groups in total. The first kappa shape index (κ1) is 11.9. The zero-order chi connectivity index (χ0) is 11.3. The van der Waals surface area contributed by atoms with Crippen molar-refractivity contribution in [2.45, 2.75) is 13.0 Å². The largest absolute Gasteiger partial charge is 0.369 e. The fourth-order valence-electron chi connectivity index (χ4n) is 1.38. The molecule has 0 atom stereocenters. The van der Waals surface area contributed by atoms with Gasteiger partial charge in [-0.15, -0.1) is 0 Å². The zero-order valence-electron chi connectivity index (χ0n) is 9.00. The number of nitrogens with zero attached hydrogens (tertiary/aromatic N) is 1. The molecule has 4 heteroatoms. The molecule has 0 bridgehead atoms. The van der Waals surface area contributed by atoms with Crippen molar-refractivity contribution < 1.29 is 8.78 Å². The molecule has 0 saturated heterocycles. The van der Waals surface area contributed by atoms with Gasteiger partial charge in [-0.25, -0.2) is 8.78 Å². The van der Waals surface area contributed by atoms with Gasteiger partial charge >= 0.3 is 0 Å². The van der Waals surface area contributed by atoms with E-state index in [1.54, 1.807) is 11.9 Å². The topological polar surface area (TPSA) is 15.3 Å². The Morgan fingerprint density at radius 2 is 1.87 bits per heavy atom. The Morgan fingerprint density at radius 3 is 2.33 bits per heavy atom. The lowest BCUT2D eigenvalue weighted by Gasteiger charge is -2.18. The summed E-state index contributed by atoms with van der Waals surface area (Å²) in [6.07, 6.45) is -2.30. The van der Waals surface area contributed by atoms with Crippen LogP contribution in [0.4, 0.5) is 14.5 Å². The number of benzene rings is 1. The van der Waals surface area contributed by atoms with Gasteiger partial charge in [0.15, 0.2) is 0 Å². The molecule has 0 spiro atoms. The molecular weight excluding hydrogens is 198 g/mol. The first-order valence-electron chi connectivity index (χ1n) is 4.86. The summed E-state index contributed by atoms with van der Waals surface area (Å²) >= 11 is 0. The molecule has 2 nitrogen and oxygen atoms in total. The number of halogens is 2. The summed E-state index contributed by atoms with van der Waals surface area (Å²) in [7, 11) is 3.54. The van der Waals surface area contributed by atoms with Crippen molar-refractivity contribution in [1.82, 2.24) is 5.32 Å². The van der Waals surface area contributed by atoms with Gasteiger partial charge in [-0.3, -0.25) is 0 Å². The van der Waals surface area contributed by atoms with Crippen molar-refractivity contribution in [2.75, 3.05) is 25.5 Å². The summed E-state index contributed by atoms with van der Waals surface area (Å²) in [6.45, 7) is 0.560. The van der Waals surface area contributed by atoms with Gasteiger partial charge in [0.1, 0.15) is 0 Å². The lowest BCUT2D eigenvalue weighted by molar-refractivity contribution is 0.156. The minimum atomic E-state index is -2.30. The quantitative estimate of drug-likeness (QED) is 0.807. The number of nitrogens with one attached hydrogen (secondary N) is 1. The van der Waals surface area contributed by atoms with E-state index in [0.29, 0.717) is 0 Å². The fourth-order valence-corrected chi connectivity index (χ4v) is 1.38. The molecule has 0 aliphatic carbocycles. The molecule has 0 aliphatic rings. The molecule has 0 radical (unpaired) electrons. The highest BCUT2D eigenvalue weighted by molar-refractivity contribution is 5.46. The molecule has 1 aromatic rings. The molecule has 0 amide bonds. The van der Waals surface area contributed by atoms with Crippen LogP contribution in [0.25, 0.3) is 0 Å². The van der Waals surface area contributed by atoms with Gasteiger partial charge in [-0.1, -0.05) is 12.1 Å². The molecule has 1 rings (SSSR count). The second-order valence-electron chi connectivity index (χ2n) is 3.47. The Balaban J connectivity index is 2.62. The fraction of sp³-hybridized carbons (Fsp3) is 0.455. The van der Waals surface area contributed by atoms with Crippen LogP contribution < -0.4 is 10.2 Å². The average molecular weight is 214 g/mol. The van der Waals surface area contributed by atoms with E-state index in [1.807, 2.05) is 31.3 Å². The van der Waals surface area contributed by atoms with Crippen LogP contribution in [-0.4, -0.2) is 27.1 Å². The summed E-state index contributed by atoms with van der Waals surface area (Å²) in [5, 5.41) is 3.03. The Kier molecular flexibility index (Phi) is 4.49. The molecule has 0 fully saturated rings. The van der Waals surface area contributed by atoms with E-state index in [1.165, 1.54) is 0 Å². The Morgan fingerprint density at radius 1 is 1.27 bits per heavy atom. The molecule has 0 saturated carbocycles. The smallest absolute Gasteiger partial charge is 0.255 e. The van der Waals surface area contributed by atoms with Gasteiger partial charge in [0.05, 0.1) is 6.54 Å². The van der Waals surface area contributed by atoms with Gasteiger partial charge in [0.25, 0.3) is 6.43 Å². The molecule has 0 aliphatic heterocycles. The number of anilines is 1. The van der Waals surface area contributed by atoms with Gasteiger partial charge in [-0.2, -0.15) is 0 Å². The Bertz CT molecular complexity index is 285. The summed E-state index contributed by atoms with van der Waals surface area (Å²) in [6, 6.07) is 7.59. The molecule has 0 aromatic heterocycles. The number of hydrogen-bond donors (Lipinski definition) is 1. The molecule has 0 heterocycles. The van der Waals surface area contributed by atoms with E-state index in [4.69, 9.17) is 0 Å². The predicted molar refractivity (Wildman–Crippen MR) is 58.5 cm³/mol. The van der Waals surface area contributed by atoms with Gasteiger partial charge in [0, 0.05) is 19.3 Å². The highest BCUT2D eigenvalue weighted by Gasteiger charge is 2.07. The molecule has 0 unspecified atom stereocenters. The van der Waals surface area contributed by atoms with E-state index < -0.39 is 6.43 Å². The van der Waals surface area contributed by atoms with Crippen molar-refractivity contribution in [2.24, 2.45) is 0 Å². The standard InChI is InChI=1S/C11H16F2N2/c1-14-7-9-3-5-10(6-4-9)15(2)8-11(12)13/h3-6,11,14H,7-8H2,1-2H3. The average Bonchev–Trinajstić information content (AvgIpc) is 2.18. The number of rotatable bonds is 5. The highest BCUT2D eigenvalue weighted by Crippen LogP contribution is 2.14. The second-order valence-corrected chi connectivity index (χ2v) is 3.47. The summed E-state index contributed by atoms with van der Waals surface area (Å²) in [5.41, 5.74) is 1.96. The number of alkyl halides is 2. The predicted octanol–water partition coefficient (Wildman–Crippen LogP) is 2.11. The molecular formula is C11H16F2N2. The minimum absolute atomic E-state index is 0.231. The lowest BCUT2D eigenvalue weighted by Crippen LogP contribution is -2.23. The third kappa shape index (κ3) is 3.83. The second kappa shape index (κ2) is 5.66. The Hall–Kier alpha value is -1.16. The normalized spacial score (nSPS) is 10.7. The minimum Gasteiger partial charge on any atom is -0.369 e. The van der Waals surface area contributed by atoms with Crippen molar-refractivity contribution in [3.63, 3.8) is 0 Å². The van der Waals surface area contributed by atoms with Crippen molar-refractivity contribution >= 4 is 5.69 Å². The maximum atomic E-state index is 12.1. The Labute approximate surface area is 88.9 Å². The van der Waals surface area contributed by atoms with Gasteiger partial charge in [0.2, 0.25) is 0 Å². The maximum absolute atomic E-state index is 12.1. The van der Waals surface area contributed by atoms with Crippen LogP contribution in [-0.2, 0) is 6.54 Å². The van der Waals surface area contributed by atoms with E-state index in [2.05, 4.69) is 5.32 Å². The summed E-state index contributed by atoms with van der Waals surface area (Å²) in [5.74, 6) is 0. The van der Waals surface area contributed by atoms with Crippen LogP contribution in [0.2, 0.25) is 0 Å². The van der Waals surface area contributed by atoms with Crippen molar-refractivity contribution in [3.05, 3.63) is 29.8 Å². The van der Waals surface area contributed by atoms with E-state index in [0.717, 1.165) is 17.8 Å². The van der Waals surface area contributed by atoms with E-state index >= 15 is 0 Å². The highest BCUT2D eigenvalue weighted by atomic mass is 19.3. The molecule has 84 valence electrons. The first-order valence-corrected chi connectivity index (χ1v) is 4.86. The zero-order valence-corrected chi connectivity index (χ0v) is 9.00. The van der Waals surface area contributed by atoms with Crippen LogP contribution in [0.5, 0.6) is 0 Å². The third-order valence-corrected chi connectivity index (χ3v) is 2.17.